The minimum atomic E-state index is -4.70. The Labute approximate surface area is 173 Å². The van der Waals surface area contributed by atoms with Crippen molar-refractivity contribution >= 4 is 28.5 Å². The fraction of sp³-hybridized carbons (Fsp3) is 0.238. The van der Waals surface area contributed by atoms with Crippen LogP contribution in [0, 0.1) is 6.92 Å². The van der Waals surface area contributed by atoms with Crippen molar-refractivity contribution in [1.82, 2.24) is 4.98 Å². The summed E-state index contributed by atoms with van der Waals surface area (Å²) in [6.45, 7) is 3.02. The molecule has 0 fully saturated rings. The molecular weight excluding hydrogens is 417 g/mol. The van der Waals surface area contributed by atoms with Crippen LogP contribution in [0.25, 0.3) is 11.0 Å². The third-order valence-electron chi connectivity index (χ3n) is 4.44. The number of pyridine rings is 1. The lowest BCUT2D eigenvalue weighted by Crippen LogP contribution is -2.22. The molecule has 31 heavy (non-hydrogen) atoms. The molecule has 0 atom stereocenters. The summed E-state index contributed by atoms with van der Waals surface area (Å²) in [6.07, 6.45) is -3.14. The zero-order valence-corrected chi connectivity index (χ0v) is 16.5. The van der Waals surface area contributed by atoms with Crippen molar-refractivity contribution in [3.05, 3.63) is 69.3 Å². The molecule has 1 aromatic carbocycles. The van der Waals surface area contributed by atoms with E-state index in [-0.39, 0.29) is 24.0 Å². The van der Waals surface area contributed by atoms with Gasteiger partial charge in [-0.15, -0.1) is 0 Å². The second-order valence-electron chi connectivity index (χ2n) is 6.57. The number of anilines is 1. The number of fused-ring (bicyclic) bond motifs is 1. The Balaban J connectivity index is 2.03. The Morgan fingerprint density at radius 1 is 1.23 bits per heavy atom. The summed E-state index contributed by atoms with van der Waals surface area (Å²) in [5.74, 6) is -1.54. The third kappa shape index (κ3) is 4.73. The second-order valence-corrected chi connectivity index (χ2v) is 6.57. The fourth-order valence-electron chi connectivity index (χ4n) is 2.84. The minimum Gasteiger partial charge on any atom is -0.461 e. The summed E-state index contributed by atoms with van der Waals surface area (Å²) >= 11 is 0. The minimum absolute atomic E-state index is 0.0855. The number of carbonyl (C=O) groups excluding carboxylic acids is 2. The zero-order valence-electron chi connectivity index (χ0n) is 16.5. The van der Waals surface area contributed by atoms with E-state index in [1.807, 2.05) is 0 Å². The van der Waals surface area contributed by atoms with E-state index in [1.54, 1.807) is 13.8 Å². The predicted molar refractivity (Wildman–Crippen MR) is 105 cm³/mol. The molecule has 1 amide bonds. The van der Waals surface area contributed by atoms with Crippen molar-refractivity contribution in [2.24, 2.45) is 0 Å². The summed E-state index contributed by atoms with van der Waals surface area (Å²) in [5, 5.41) is 2.40. The molecule has 0 radical (unpaired) electrons. The van der Waals surface area contributed by atoms with Crippen molar-refractivity contribution in [1.29, 1.82) is 0 Å². The molecule has 0 unspecified atom stereocenters. The SMILES string of the molecule is CCC(=O)OCc1cnc(C)c2oc(=O)c(C(=O)Nc3ccccc3C(F)(F)F)cc12. The van der Waals surface area contributed by atoms with Gasteiger partial charge in [-0.3, -0.25) is 14.6 Å². The maximum atomic E-state index is 13.2. The van der Waals surface area contributed by atoms with E-state index in [9.17, 15) is 27.6 Å². The van der Waals surface area contributed by atoms with Crippen LogP contribution < -0.4 is 10.9 Å². The number of nitrogens with one attached hydrogen (secondary N) is 1. The lowest BCUT2D eigenvalue weighted by molar-refractivity contribution is -0.144. The molecule has 7 nitrogen and oxygen atoms in total. The lowest BCUT2D eigenvalue weighted by Gasteiger charge is -2.13. The fourth-order valence-corrected chi connectivity index (χ4v) is 2.84. The van der Waals surface area contributed by atoms with Crippen molar-refractivity contribution in [3.8, 4) is 0 Å². The number of rotatable bonds is 5. The van der Waals surface area contributed by atoms with Crippen LogP contribution in [-0.4, -0.2) is 16.9 Å². The molecule has 0 saturated heterocycles. The molecule has 10 heteroatoms. The van der Waals surface area contributed by atoms with E-state index < -0.39 is 40.5 Å². The predicted octanol–water partition coefficient (Wildman–Crippen LogP) is 4.22. The van der Waals surface area contributed by atoms with Crippen LogP contribution in [0.5, 0.6) is 0 Å². The molecule has 2 aromatic heterocycles. The number of benzene rings is 1. The molecule has 0 saturated carbocycles. The monoisotopic (exact) mass is 434 g/mol. The van der Waals surface area contributed by atoms with Gasteiger partial charge in [0.25, 0.3) is 5.91 Å². The molecule has 2 heterocycles. The standard InChI is InChI=1S/C21H17F3N2O5/c1-3-17(27)30-10-12-9-25-11(2)18-13(12)8-14(20(29)31-18)19(28)26-16-7-5-4-6-15(16)21(22,23)24/h4-9H,3,10H2,1-2H3,(H,26,28). The number of hydrogen-bond donors (Lipinski definition) is 1. The first-order chi connectivity index (χ1) is 14.6. The van der Waals surface area contributed by atoms with Crippen molar-refractivity contribution in [2.45, 2.75) is 33.1 Å². The smallest absolute Gasteiger partial charge is 0.418 e. The molecule has 0 aliphatic heterocycles. The van der Waals surface area contributed by atoms with Gasteiger partial charge in [0.15, 0.2) is 5.58 Å². The number of nitrogens with zero attached hydrogens (tertiary/aromatic N) is 1. The van der Waals surface area contributed by atoms with Gasteiger partial charge in [-0.2, -0.15) is 13.2 Å². The van der Waals surface area contributed by atoms with E-state index in [0.29, 0.717) is 11.3 Å². The summed E-state index contributed by atoms with van der Waals surface area (Å²) in [5.41, 5.74) is -2.28. The molecule has 0 aliphatic rings. The zero-order chi connectivity index (χ0) is 22.8. The topological polar surface area (TPSA) is 98.5 Å². The highest BCUT2D eigenvalue weighted by Crippen LogP contribution is 2.34. The molecule has 0 bridgehead atoms. The number of alkyl halides is 3. The van der Waals surface area contributed by atoms with Gasteiger partial charge in [0.2, 0.25) is 0 Å². The molecular formula is C21H17F3N2O5. The van der Waals surface area contributed by atoms with Crippen LogP contribution in [0.1, 0.15) is 40.5 Å². The van der Waals surface area contributed by atoms with Gasteiger partial charge in [-0.05, 0) is 25.1 Å². The van der Waals surface area contributed by atoms with Crippen LogP contribution >= 0.6 is 0 Å². The Morgan fingerprint density at radius 3 is 2.61 bits per heavy atom. The highest BCUT2D eigenvalue weighted by atomic mass is 19.4. The third-order valence-corrected chi connectivity index (χ3v) is 4.44. The Morgan fingerprint density at radius 2 is 1.94 bits per heavy atom. The maximum Gasteiger partial charge on any atom is 0.418 e. The van der Waals surface area contributed by atoms with Crippen LogP contribution in [0.2, 0.25) is 0 Å². The van der Waals surface area contributed by atoms with Crippen molar-refractivity contribution in [3.63, 3.8) is 0 Å². The van der Waals surface area contributed by atoms with Crippen LogP contribution in [0.3, 0.4) is 0 Å². The van der Waals surface area contributed by atoms with Gasteiger partial charge in [-0.25, -0.2) is 4.79 Å². The number of hydrogen-bond acceptors (Lipinski definition) is 6. The number of amides is 1. The van der Waals surface area contributed by atoms with Crippen LogP contribution in [0.4, 0.5) is 18.9 Å². The van der Waals surface area contributed by atoms with E-state index in [4.69, 9.17) is 9.15 Å². The lowest BCUT2D eigenvalue weighted by atomic mass is 10.1. The van der Waals surface area contributed by atoms with Crippen molar-refractivity contribution in [2.75, 3.05) is 5.32 Å². The molecule has 0 aliphatic carbocycles. The first-order valence-electron chi connectivity index (χ1n) is 9.17. The molecule has 1 N–H and O–H groups in total. The molecule has 3 rings (SSSR count). The molecule has 3 aromatic rings. The van der Waals surface area contributed by atoms with Gasteiger partial charge < -0.3 is 14.5 Å². The quantitative estimate of drug-likeness (QED) is 0.604. The number of aromatic nitrogens is 1. The Hall–Kier alpha value is -3.69. The number of carbonyl (C=O) groups is 2. The maximum absolute atomic E-state index is 13.2. The van der Waals surface area contributed by atoms with Gasteiger partial charge in [-0.1, -0.05) is 19.1 Å². The van der Waals surface area contributed by atoms with Gasteiger partial charge >= 0.3 is 17.8 Å². The van der Waals surface area contributed by atoms with Crippen LogP contribution in [0.15, 0.2) is 45.7 Å². The van der Waals surface area contributed by atoms with E-state index in [2.05, 4.69) is 10.3 Å². The summed E-state index contributed by atoms with van der Waals surface area (Å²) in [6, 6.07) is 5.59. The van der Waals surface area contributed by atoms with E-state index in [0.717, 1.165) is 12.1 Å². The van der Waals surface area contributed by atoms with E-state index in [1.165, 1.54) is 24.4 Å². The average Bonchev–Trinajstić information content (AvgIpc) is 2.72. The number of aryl methyl sites for hydroxylation is 1. The van der Waals surface area contributed by atoms with E-state index >= 15 is 0 Å². The normalized spacial score (nSPS) is 11.4. The highest BCUT2D eigenvalue weighted by Gasteiger charge is 2.33. The largest absolute Gasteiger partial charge is 0.461 e. The summed E-state index contributed by atoms with van der Waals surface area (Å²) in [7, 11) is 0. The van der Waals surface area contributed by atoms with Crippen molar-refractivity contribution < 1.29 is 31.9 Å². The average molecular weight is 434 g/mol. The Kier molecular flexibility index (Phi) is 6.09. The summed E-state index contributed by atoms with van der Waals surface area (Å²) < 4.78 is 49.8. The Bertz CT molecular complexity index is 1220. The molecule has 0 spiro atoms. The second kappa shape index (κ2) is 8.58. The number of para-hydroxylation sites is 1. The number of esters is 1. The summed E-state index contributed by atoms with van der Waals surface area (Å²) in [4.78, 5) is 40.5. The number of ether oxygens (including phenoxy) is 1. The van der Waals surface area contributed by atoms with Gasteiger partial charge in [0, 0.05) is 23.6 Å². The number of halogens is 3. The first-order valence-corrected chi connectivity index (χ1v) is 9.17. The highest BCUT2D eigenvalue weighted by molar-refractivity contribution is 6.06. The van der Waals surface area contributed by atoms with Gasteiger partial charge in [0.1, 0.15) is 12.2 Å². The van der Waals surface area contributed by atoms with Gasteiger partial charge in [0.05, 0.1) is 16.9 Å². The van der Waals surface area contributed by atoms with Crippen LogP contribution in [-0.2, 0) is 22.3 Å². The first kappa shape index (κ1) is 22.0. The molecule has 162 valence electrons.